The lowest BCUT2D eigenvalue weighted by Gasteiger charge is -2.22. The monoisotopic (exact) mass is 295 g/mol. The number of rotatable bonds is 5. The van der Waals surface area contributed by atoms with Crippen LogP contribution in [0.2, 0.25) is 0 Å². The van der Waals surface area contributed by atoms with Gasteiger partial charge in [-0.15, -0.1) is 0 Å². The van der Waals surface area contributed by atoms with Crippen LogP contribution in [0.4, 0.5) is 4.79 Å². The Balaban J connectivity index is 2.58. The van der Waals surface area contributed by atoms with Gasteiger partial charge in [0.15, 0.2) is 0 Å². The van der Waals surface area contributed by atoms with E-state index in [1.165, 1.54) is 6.07 Å². The van der Waals surface area contributed by atoms with Gasteiger partial charge in [-0.05, 0) is 51.3 Å². The largest absolute Gasteiger partial charge is 0.508 e. The van der Waals surface area contributed by atoms with Crippen LogP contribution in [-0.2, 0) is 16.0 Å². The molecule has 21 heavy (non-hydrogen) atoms. The van der Waals surface area contributed by atoms with Gasteiger partial charge in [-0.1, -0.05) is 12.1 Å². The van der Waals surface area contributed by atoms with Gasteiger partial charge in [-0.25, -0.2) is 9.59 Å². The van der Waals surface area contributed by atoms with Gasteiger partial charge in [0.2, 0.25) is 0 Å². The number of phenolic OH excluding ortho intramolecular Hbond substituents is 1. The van der Waals surface area contributed by atoms with E-state index < -0.39 is 23.7 Å². The summed E-state index contributed by atoms with van der Waals surface area (Å²) in [5, 5.41) is 20.8. The highest BCUT2D eigenvalue weighted by Gasteiger charge is 2.23. The number of hydrogen-bond acceptors (Lipinski definition) is 4. The first kappa shape index (κ1) is 16.8. The summed E-state index contributed by atoms with van der Waals surface area (Å²) in [6.45, 7) is 5.11. The number of amides is 1. The van der Waals surface area contributed by atoms with E-state index in [1.54, 1.807) is 39.0 Å². The number of carbonyl (C=O) groups excluding carboxylic acids is 1. The van der Waals surface area contributed by atoms with E-state index >= 15 is 0 Å². The highest BCUT2D eigenvalue weighted by Crippen LogP contribution is 2.14. The number of ether oxygens (including phenoxy) is 1. The molecule has 6 heteroatoms. The molecule has 1 atom stereocenters. The fraction of sp³-hybridized carbons (Fsp3) is 0.467. The quantitative estimate of drug-likeness (QED) is 0.774. The van der Waals surface area contributed by atoms with E-state index in [0.717, 1.165) is 5.56 Å². The average molecular weight is 295 g/mol. The Morgan fingerprint density at radius 2 is 2.00 bits per heavy atom. The molecule has 0 bridgehead atoms. The number of carboxylic acids is 1. The third kappa shape index (κ3) is 6.65. The van der Waals surface area contributed by atoms with Crippen LogP contribution in [0, 0.1) is 0 Å². The maximum Gasteiger partial charge on any atom is 0.408 e. The van der Waals surface area contributed by atoms with Crippen molar-refractivity contribution in [1.82, 2.24) is 5.32 Å². The van der Waals surface area contributed by atoms with Crippen molar-refractivity contribution >= 4 is 12.1 Å². The van der Waals surface area contributed by atoms with Crippen LogP contribution in [-0.4, -0.2) is 33.9 Å². The molecule has 1 aromatic carbocycles. The van der Waals surface area contributed by atoms with Gasteiger partial charge in [0, 0.05) is 0 Å². The minimum atomic E-state index is -1.12. The number of aliphatic carboxylic acids is 1. The molecule has 3 N–H and O–H groups in total. The molecule has 0 saturated carbocycles. The Labute approximate surface area is 123 Å². The SMILES string of the molecule is CC(C)(C)OC(=O)N[C@@H](CCc1cccc(O)c1)C(=O)O. The number of phenols is 1. The van der Waals surface area contributed by atoms with Gasteiger partial charge >= 0.3 is 12.1 Å². The highest BCUT2D eigenvalue weighted by atomic mass is 16.6. The molecule has 1 rings (SSSR count). The molecule has 0 heterocycles. The lowest BCUT2D eigenvalue weighted by Crippen LogP contribution is -2.43. The number of benzene rings is 1. The van der Waals surface area contributed by atoms with Gasteiger partial charge in [0.25, 0.3) is 0 Å². The van der Waals surface area contributed by atoms with E-state index in [1.807, 2.05) is 0 Å². The first-order valence-electron chi connectivity index (χ1n) is 6.67. The second-order valence-corrected chi connectivity index (χ2v) is 5.75. The van der Waals surface area contributed by atoms with Crippen LogP contribution in [0.3, 0.4) is 0 Å². The first-order chi connectivity index (χ1) is 9.67. The third-order valence-electron chi connectivity index (χ3n) is 2.62. The molecule has 1 amide bonds. The number of hydrogen-bond donors (Lipinski definition) is 3. The van der Waals surface area contributed by atoms with Crippen LogP contribution in [0.15, 0.2) is 24.3 Å². The molecule has 0 aromatic heterocycles. The van der Waals surface area contributed by atoms with Crippen molar-refractivity contribution in [2.45, 2.75) is 45.3 Å². The Morgan fingerprint density at radius 3 is 2.52 bits per heavy atom. The standard InChI is InChI=1S/C15H21NO5/c1-15(2,3)21-14(20)16-12(13(18)19)8-7-10-5-4-6-11(17)9-10/h4-6,9,12,17H,7-8H2,1-3H3,(H,16,20)(H,18,19)/t12-/m0/s1. The molecule has 116 valence electrons. The van der Waals surface area contributed by atoms with Crippen LogP contribution >= 0.6 is 0 Å². The van der Waals surface area contributed by atoms with Crippen molar-refractivity contribution in [2.75, 3.05) is 0 Å². The third-order valence-corrected chi connectivity index (χ3v) is 2.62. The highest BCUT2D eigenvalue weighted by molar-refractivity contribution is 5.80. The summed E-state index contributed by atoms with van der Waals surface area (Å²) in [5.41, 5.74) is 0.116. The minimum Gasteiger partial charge on any atom is -0.508 e. The molecule has 1 aromatic rings. The number of carboxylic acid groups (broad SMARTS) is 1. The van der Waals surface area contributed by atoms with Gasteiger partial charge in [-0.3, -0.25) is 0 Å². The van der Waals surface area contributed by atoms with Crippen molar-refractivity contribution in [3.63, 3.8) is 0 Å². The Kier molecular flexibility index (Phi) is 5.58. The summed E-state index contributed by atoms with van der Waals surface area (Å²) in [4.78, 5) is 22.8. The summed E-state index contributed by atoms with van der Waals surface area (Å²) in [5.74, 6) is -1.000. The van der Waals surface area contributed by atoms with Crippen molar-refractivity contribution in [2.24, 2.45) is 0 Å². The average Bonchev–Trinajstić information content (AvgIpc) is 2.32. The second-order valence-electron chi connectivity index (χ2n) is 5.75. The summed E-state index contributed by atoms with van der Waals surface area (Å²) < 4.78 is 5.04. The second kappa shape index (κ2) is 6.97. The predicted octanol–water partition coefficient (Wildman–Crippen LogP) is 2.30. The molecule has 0 radical (unpaired) electrons. The fourth-order valence-electron chi connectivity index (χ4n) is 1.73. The molecule has 0 unspecified atom stereocenters. The fourth-order valence-corrected chi connectivity index (χ4v) is 1.73. The van der Waals surface area contributed by atoms with Gasteiger partial charge < -0.3 is 20.3 Å². The zero-order chi connectivity index (χ0) is 16.0. The smallest absolute Gasteiger partial charge is 0.408 e. The van der Waals surface area contributed by atoms with Crippen molar-refractivity contribution in [1.29, 1.82) is 0 Å². The van der Waals surface area contributed by atoms with Crippen LogP contribution < -0.4 is 5.32 Å². The first-order valence-corrected chi connectivity index (χ1v) is 6.67. The topological polar surface area (TPSA) is 95.9 Å². The number of nitrogens with one attached hydrogen (secondary N) is 1. The van der Waals surface area contributed by atoms with E-state index in [-0.39, 0.29) is 12.2 Å². The molecule has 0 aliphatic heterocycles. The number of carbonyl (C=O) groups is 2. The molecular formula is C15H21NO5. The Bertz CT molecular complexity index is 507. The molecular weight excluding hydrogens is 274 g/mol. The molecule has 0 aliphatic carbocycles. The molecule has 0 fully saturated rings. The van der Waals surface area contributed by atoms with E-state index in [9.17, 15) is 14.7 Å². The van der Waals surface area contributed by atoms with Crippen LogP contribution in [0.25, 0.3) is 0 Å². The Hall–Kier alpha value is -2.24. The zero-order valence-electron chi connectivity index (χ0n) is 12.4. The maximum atomic E-state index is 11.6. The summed E-state index contributed by atoms with van der Waals surface area (Å²) in [6, 6.07) is 5.53. The van der Waals surface area contributed by atoms with Gasteiger partial charge in [-0.2, -0.15) is 0 Å². The van der Waals surface area contributed by atoms with Crippen molar-refractivity contribution in [3.8, 4) is 5.75 Å². The van der Waals surface area contributed by atoms with Crippen LogP contribution in [0.1, 0.15) is 32.8 Å². The Morgan fingerprint density at radius 1 is 1.33 bits per heavy atom. The van der Waals surface area contributed by atoms with Crippen LogP contribution in [0.5, 0.6) is 5.75 Å². The summed E-state index contributed by atoms with van der Waals surface area (Å²) >= 11 is 0. The number of aromatic hydroxyl groups is 1. The normalized spacial score (nSPS) is 12.5. The van der Waals surface area contributed by atoms with E-state index in [0.29, 0.717) is 6.42 Å². The zero-order valence-corrected chi connectivity index (χ0v) is 12.4. The molecule has 6 nitrogen and oxygen atoms in total. The van der Waals surface area contributed by atoms with Gasteiger partial charge in [0.05, 0.1) is 0 Å². The lowest BCUT2D eigenvalue weighted by atomic mass is 10.1. The summed E-state index contributed by atoms with van der Waals surface area (Å²) in [7, 11) is 0. The molecule has 0 saturated heterocycles. The predicted molar refractivity (Wildman–Crippen MR) is 77.2 cm³/mol. The van der Waals surface area contributed by atoms with Crippen molar-refractivity contribution in [3.05, 3.63) is 29.8 Å². The lowest BCUT2D eigenvalue weighted by molar-refractivity contribution is -0.139. The van der Waals surface area contributed by atoms with E-state index in [2.05, 4.69) is 5.32 Å². The summed E-state index contributed by atoms with van der Waals surface area (Å²) in [6.07, 6.45) is -0.134. The number of alkyl carbamates (subject to hydrolysis) is 1. The maximum absolute atomic E-state index is 11.6. The van der Waals surface area contributed by atoms with Crippen molar-refractivity contribution < 1.29 is 24.5 Å². The number of aryl methyl sites for hydroxylation is 1. The minimum absolute atomic E-state index is 0.125. The van der Waals surface area contributed by atoms with Gasteiger partial charge in [0.1, 0.15) is 17.4 Å². The molecule has 0 spiro atoms. The molecule has 0 aliphatic rings. The van der Waals surface area contributed by atoms with E-state index in [4.69, 9.17) is 9.84 Å².